The Morgan fingerprint density at radius 3 is 2.89 bits per heavy atom. The predicted molar refractivity (Wildman–Crippen MR) is 71.9 cm³/mol. The van der Waals surface area contributed by atoms with Gasteiger partial charge in [0.1, 0.15) is 4.88 Å². The lowest BCUT2D eigenvalue weighted by molar-refractivity contribution is 0.0947. The third-order valence-corrected chi connectivity index (χ3v) is 4.02. The van der Waals surface area contributed by atoms with Crippen LogP contribution in [-0.4, -0.2) is 35.1 Å². The maximum absolute atomic E-state index is 12.1. The van der Waals surface area contributed by atoms with Gasteiger partial charge >= 0.3 is 0 Å². The fourth-order valence-electron chi connectivity index (χ4n) is 2.14. The van der Waals surface area contributed by atoms with Gasteiger partial charge in [0.05, 0.1) is 5.69 Å². The van der Waals surface area contributed by atoms with Crippen molar-refractivity contribution in [3.8, 4) is 0 Å². The zero-order valence-corrected chi connectivity index (χ0v) is 11.7. The van der Waals surface area contributed by atoms with Gasteiger partial charge in [0.15, 0.2) is 0 Å². The summed E-state index contributed by atoms with van der Waals surface area (Å²) in [6.45, 7) is 6.93. The van der Waals surface area contributed by atoms with Gasteiger partial charge in [-0.05, 0) is 49.3 Å². The summed E-state index contributed by atoms with van der Waals surface area (Å²) in [5.74, 6) is 0.814. The highest BCUT2D eigenvalue weighted by molar-refractivity contribution is 7.08. The van der Waals surface area contributed by atoms with Crippen molar-refractivity contribution in [1.82, 2.24) is 20.2 Å². The van der Waals surface area contributed by atoms with Crippen molar-refractivity contribution in [3.05, 3.63) is 10.6 Å². The predicted octanol–water partition coefficient (Wildman–Crippen LogP) is 1.39. The Labute approximate surface area is 112 Å². The first kappa shape index (κ1) is 13.4. The van der Waals surface area contributed by atoms with Gasteiger partial charge in [-0.1, -0.05) is 18.3 Å². The van der Waals surface area contributed by atoms with E-state index in [1.807, 2.05) is 13.8 Å². The molecule has 100 valence electrons. The van der Waals surface area contributed by atoms with Crippen LogP contribution in [0.4, 0.5) is 0 Å². The first-order valence-corrected chi connectivity index (χ1v) is 7.27. The minimum Gasteiger partial charge on any atom is -0.351 e. The van der Waals surface area contributed by atoms with Crippen molar-refractivity contribution in [2.45, 2.75) is 32.6 Å². The van der Waals surface area contributed by atoms with Crippen LogP contribution < -0.4 is 10.6 Å². The number of rotatable bonds is 4. The normalized spacial score (nSPS) is 17.1. The number of piperidine rings is 1. The first-order valence-electron chi connectivity index (χ1n) is 6.49. The van der Waals surface area contributed by atoms with E-state index in [1.165, 1.54) is 11.5 Å². The van der Waals surface area contributed by atoms with Gasteiger partial charge in [0, 0.05) is 6.54 Å². The third kappa shape index (κ3) is 3.26. The molecule has 2 heterocycles. The van der Waals surface area contributed by atoms with Crippen molar-refractivity contribution in [3.63, 3.8) is 0 Å². The number of carbonyl (C=O) groups excluding carboxylic acids is 1. The summed E-state index contributed by atoms with van der Waals surface area (Å²) in [6.07, 6.45) is 2.27. The van der Waals surface area contributed by atoms with E-state index in [1.54, 1.807) is 0 Å². The van der Waals surface area contributed by atoms with Gasteiger partial charge in [-0.15, -0.1) is 5.10 Å². The topological polar surface area (TPSA) is 66.9 Å². The zero-order valence-electron chi connectivity index (χ0n) is 10.9. The lowest BCUT2D eigenvalue weighted by Gasteiger charge is -2.22. The summed E-state index contributed by atoms with van der Waals surface area (Å²) in [5.41, 5.74) is 0.808. The number of nitrogens with one attached hydrogen (secondary N) is 2. The van der Waals surface area contributed by atoms with E-state index in [4.69, 9.17) is 0 Å². The van der Waals surface area contributed by atoms with Crippen LogP contribution in [0.2, 0.25) is 0 Å². The van der Waals surface area contributed by atoms with Gasteiger partial charge in [-0.2, -0.15) is 0 Å². The molecule has 0 aliphatic carbocycles. The molecule has 0 spiro atoms. The molecule has 1 aromatic rings. The number of amides is 1. The molecule has 0 unspecified atom stereocenters. The molecule has 1 aromatic heterocycles. The molecular formula is C12H20N4OS. The molecule has 2 N–H and O–H groups in total. The fourth-order valence-corrected chi connectivity index (χ4v) is 2.87. The van der Waals surface area contributed by atoms with E-state index in [0.29, 0.717) is 10.8 Å². The standard InChI is InChI=1S/C12H20N4OS/c1-8(2)10-11(18-16-15-10)12(17)14-7-9-3-5-13-6-4-9/h8-9,13H,3-7H2,1-2H3,(H,14,17). The Balaban J connectivity index is 1.89. The van der Waals surface area contributed by atoms with Crippen LogP contribution in [0.1, 0.15) is 48.0 Å². The molecule has 1 amide bonds. The maximum atomic E-state index is 12.1. The molecule has 2 rings (SSSR count). The van der Waals surface area contributed by atoms with Crippen molar-refractivity contribution in [2.24, 2.45) is 5.92 Å². The molecule has 0 atom stereocenters. The average molecular weight is 268 g/mol. The quantitative estimate of drug-likeness (QED) is 0.866. The monoisotopic (exact) mass is 268 g/mol. The van der Waals surface area contributed by atoms with Gasteiger partial charge in [-0.3, -0.25) is 4.79 Å². The maximum Gasteiger partial charge on any atom is 0.264 e. The van der Waals surface area contributed by atoms with Crippen molar-refractivity contribution in [2.75, 3.05) is 19.6 Å². The van der Waals surface area contributed by atoms with Gasteiger partial charge < -0.3 is 10.6 Å². The van der Waals surface area contributed by atoms with E-state index < -0.39 is 0 Å². The average Bonchev–Trinajstić information content (AvgIpc) is 2.86. The minimum atomic E-state index is -0.0211. The van der Waals surface area contributed by atoms with E-state index in [0.717, 1.165) is 38.2 Å². The fraction of sp³-hybridized carbons (Fsp3) is 0.750. The lowest BCUT2D eigenvalue weighted by atomic mass is 9.98. The molecule has 0 saturated carbocycles. The van der Waals surface area contributed by atoms with E-state index in [9.17, 15) is 4.79 Å². The van der Waals surface area contributed by atoms with Crippen LogP contribution in [0.3, 0.4) is 0 Å². The van der Waals surface area contributed by atoms with Crippen LogP contribution in [0.15, 0.2) is 0 Å². The highest BCUT2D eigenvalue weighted by Gasteiger charge is 2.20. The Morgan fingerprint density at radius 2 is 2.22 bits per heavy atom. The molecule has 0 bridgehead atoms. The molecule has 18 heavy (non-hydrogen) atoms. The highest BCUT2D eigenvalue weighted by atomic mass is 32.1. The van der Waals surface area contributed by atoms with Crippen molar-refractivity contribution < 1.29 is 4.79 Å². The summed E-state index contributed by atoms with van der Waals surface area (Å²) in [7, 11) is 0. The number of aromatic nitrogens is 2. The van der Waals surface area contributed by atoms with E-state index >= 15 is 0 Å². The summed E-state index contributed by atoms with van der Waals surface area (Å²) in [4.78, 5) is 12.7. The van der Waals surface area contributed by atoms with Gasteiger partial charge in [0.25, 0.3) is 5.91 Å². The molecule has 6 heteroatoms. The summed E-state index contributed by atoms with van der Waals surface area (Å²) in [5, 5.41) is 10.4. The second kappa shape index (κ2) is 6.24. The Bertz CT molecular complexity index is 399. The molecule has 0 aromatic carbocycles. The summed E-state index contributed by atoms with van der Waals surface area (Å²) in [6, 6.07) is 0. The van der Waals surface area contributed by atoms with Gasteiger partial charge in [-0.25, -0.2) is 0 Å². The highest BCUT2D eigenvalue weighted by Crippen LogP contribution is 2.19. The lowest BCUT2D eigenvalue weighted by Crippen LogP contribution is -2.36. The van der Waals surface area contributed by atoms with Crippen LogP contribution >= 0.6 is 11.5 Å². The van der Waals surface area contributed by atoms with E-state index in [-0.39, 0.29) is 11.8 Å². The Morgan fingerprint density at radius 1 is 1.50 bits per heavy atom. The zero-order chi connectivity index (χ0) is 13.0. The smallest absolute Gasteiger partial charge is 0.264 e. The summed E-state index contributed by atoms with van der Waals surface area (Å²) < 4.78 is 3.88. The molecule has 1 saturated heterocycles. The van der Waals surface area contributed by atoms with Crippen LogP contribution in [0, 0.1) is 5.92 Å². The second-order valence-corrected chi connectivity index (χ2v) is 5.80. The SMILES string of the molecule is CC(C)c1nnsc1C(=O)NCC1CCNCC1. The van der Waals surface area contributed by atoms with Crippen molar-refractivity contribution >= 4 is 17.4 Å². The number of carbonyl (C=O) groups is 1. The molecule has 5 nitrogen and oxygen atoms in total. The largest absolute Gasteiger partial charge is 0.351 e. The number of nitrogens with zero attached hydrogens (tertiary/aromatic N) is 2. The van der Waals surface area contributed by atoms with Gasteiger partial charge in [0.2, 0.25) is 0 Å². The number of hydrogen-bond acceptors (Lipinski definition) is 5. The first-order chi connectivity index (χ1) is 8.68. The van der Waals surface area contributed by atoms with Crippen LogP contribution in [0.5, 0.6) is 0 Å². The molecular weight excluding hydrogens is 248 g/mol. The molecule has 1 aliphatic heterocycles. The Kier molecular flexibility index (Phi) is 4.66. The second-order valence-electron chi connectivity index (χ2n) is 5.05. The minimum absolute atomic E-state index is 0.0211. The van der Waals surface area contributed by atoms with E-state index in [2.05, 4.69) is 20.2 Å². The van der Waals surface area contributed by atoms with Crippen LogP contribution in [-0.2, 0) is 0 Å². The Hall–Kier alpha value is -1.01. The van der Waals surface area contributed by atoms with Crippen LogP contribution in [0.25, 0.3) is 0 Å². The molecule has 1 aliphatic rings. The number of hydrogen-bond donors (Lipinski definition) is 2. The summed E-state index contributed by atoms with van der Waals surface area (Å²) >= 11 is 1.19. The molecule has 1 fully saturated rings. The molecule has 0 radical (unpaired) electrons. The van der Waals surface area contributed by atoms with Crippen molar-refractivity contribution in [1.29, 1.82) is 0 Å². The third-order valence-electron chi connectivity index (χ3n) is 3.28.